The van der Waals surface area contributed by atoms with Crippen LogP contribution in [0.25, 0.3) is 10.9 Å². The normalized spacial score (nSPS) is 10.8. The minimum absolute atomic E-state index is 0.0679. The van der Waals surface area contributed by atoms with Gasteiger partial charge in [0.2, 0.25) is 5.56 Å². The van der Waals surface area contributed by atoms with Crippen molar-refractivity contribution in [2.75, 3.05) is 5.32 Å². The van der Waals surface area contributed by atoms with Crippen LogP contribution in [0, 0.1) is 0 Å². The van der Waals surface area contributed by atoms with Crippen molar-refractivity contribution in [1.82, 2.24) is 9.55 Å². The molecular formula is C19H19N3O3. The first-order chi connectivity index (χ1) is 12.0. The molecule has 6 nitrogen and oxygen atoms in total. The molecule has 0 saturated carbocycles. The zero-order chi connectivity index (χ0) is 18.0. The molecule has 3 aromatic rings. The summed E-state index contributed by atoms with van der Waals surface area (Å²) in [5.74, 6) is -0.479. The van der Waals surface area contributed by atoms with E-state index in [2.05, 4.69) is 17.2 Å². The summed E-state index contributed by atoms with van der Waals surface area (Å²) in [6.07, 6.45) is 3.34. The molecule has 1 amide bonds. The van der Waals surface area contributed by atoms with Crippen molar-refractivity contribution in [3.63, 3.8) is 0 Å². The van der Waals surface area contributed by atoms with Crippen molar-refractivity contribution in [1.29, 1.82) is 0 Å². The number of hydrogen-bond acceptors (Lipinski definition) is 3. The quantitative estimate of drug-likeness (QED) is 0.767. The summed E-state index contributed by atoms with van der Waals surface area (Å²) < 4.78 is 1.35. The minimum Gasteiger partial charge on any atom is -0.322 e. The molecule has 2 aromatic heterocycles. The van der Waals surface area contributed by atoms with Gasteiger partial charge in [0.15, 0.2) is 0 Å². The fourth-order valence-corrected chi connectivity index (χ4v) is 2.86. The lowest BCUT2D eigenvalue weighted by Crippen LogP contribution is -2.27. The Morgan fingerprint density at radius 1 is 1.20 bits per heavy atom. The number of pyridine rings is 2. The zero-order valence-electron chi connectivity index (χ0n) is 14.1. The number of aromatic amines is 1. The maximum Gasteiger partial charge on any atom is 0.263 e. The van der Waals surface area contributed by atoms with Gasteiger partial charge in [0.25, 0.3) is 11.5 Å². The van der Waals surface area contributed by atoms with E-state index in [9.17, 15) is 14.4 Å². The van der Waals surface area contributed by atoms with E-state index in [4.69, 9.17) is 0 Å². The molecule has 0 spiro atoms. The molecule has 25 heavy (non-hydrogen) atoms. The van der Waals surface area contributed by atoms with E-state index < -0.39 is 5.91 Å². The monoisotopic (exact) mass is 337 g/mol. The van der Waals surface area contributed by atoms with E-state index in [1.807, 2.05) is 6.07 Å². The molecule has 0 unspecified atom stereocenters. The van der Waals surface area contributed by atoms with Crippen molar-refractivity contribution >= 4 is 22.5 Å². The smallest absolute Gasteiger partial charge is 0.263 e. The largest absolute Gasteiger partial charge is 0.322 e. The van der Waals surface area contributed by atoms with Gasteiger partial charge >= 0.3 is 0 Å². The molecule has 128 valence electrons. The minimum atomic E-state index is -0.479. The van der Waals surface area contributed by atoms with E-state index in [1.165, 1.54) is 10.6 Å². The summed E-state index contributed by atoms with van der Waals surface area (Å²) in [5, 5.41) is 3.67. The molecule has 0 aliphatic heterocycles. The maximum atomic E-state index is 12.4. The van der Waals surface area contributed by atoms with Gasteiger partial charge < -0.3 is 14.9 Å². The molecule has 6 heteroatoms. The van der Waals surface area contributed by atoms with E-state index >= 15 is 0 Å². The Hall–Kier alpha value is -3.15. The molecule has 2 N–H and O–H groups in total. The third-order valence-corrected chi connectivity index (χ3v) is 4.07. The predicted molar refractivity (Wildman–Crippen MR) is 98.2 cm³/mol. The number of anilines is 1. The highest BCUT2D eigenvalue weighted by molar-refractivity contribution is 6.04. The van der Waals surface area contributed by atoms with Gasteiger partial charge in [-0.2, -0.15) is 0 Å². The second-order valence-corrected chi connectivity index (χ2v) is 5.96. The van der Waals surface area contributed by atoms with Crippen LogP contribution < -0.4 is 16.4 Å². The van der Waals surface area contributed by atoms with Crippen molar-refractivity contribution in [3.8, 4) is 0 Å². The van der Waals surface area contributed by atoms with Crippen LogP contribution in [0.4, 0.5) is 5.69 Å². The van der Waals surface area contributed by atoms with Gasteiger partial charge in [-0.15, -0.1) is 0 Å². The van der Waals surface area contributed by atoms with Gasteiger partial charge in [-0.05, 0) is 36.2 Å². The van der Waals surface area contributed by atoms with Crippen LogP contribution in [0.3, 0.4) is 0 Å². The third kappa shape index (κ3) is 3.38. The lowest BCUT2D eigenvalue weighted by Gasteiger charge is -2.09. The van der Waals surface area contributed by atoms with Crippen LogP contribution in [0.1, 0.15) is 29.3 Å². The van der Waals surface area contributed by atoms with Crippen molar-refractivity contribution in [3.05, 3.63) is 74.4 Å². The number of H-pyrrole nitrogens is 1. The number of nitrogens with one attached hydrogen (secondary N) is 2. The summed E-state index contributed by atoms with van der Waals surface area (Å²) in [6.45, 7) is 2.06. The molecule has 1 aromatic carbocycles. The fraction of sp³-hybridized carbons (Fsp3) is 0.211. The van der Waals surface area contributed by atoms with Crippen molar-refractivity contribution in [2.45, 2.75) is 19.8 Å². The van der Waals surface area contributed by atoms with Crippen LogP contribution in [0.5, 0.6) is 0 Å². The summed E-state index contributed by atoms with van der Waals surface area (Å²) in [7, 11) is 1.59. The highest BCUT2D eigenvalue weighted by atomic mass is 16.2. The maximum absolute atomic E-state index is 12.4. The molecular weight excluding hydrogens is 318 g/mol. The summed E-state index contributed by atoms with van der Waals surface area (Å²) in [6, 6.07) is 10.1. The van der Waals surface area contributed by atoms with E-state index in [1.54, 1.807) is 37.5 Å². The average molecular weight is 337 g/mol. The zero-order valence-corrected chi connectivity index (χ0v) is 14.1. The number of aromatic nitrogens is 2. The summed E-state index contributed by atoms with van der Waals surface area (Å²) in [4.78, 5) is 39.0. The van der Waals surface area contributed by atoms with Crippen LogP contribution in [0.15, 0.2) is 52.2 Å². The number of rotatable bonds is 4. The lowest BCUT2D eigenvalue weighted by molar-refractivity contribution is 0.102. The number of hydrogen-bond donors (Lipinski definition) is 2. The van der Waals surface area contributed by atoms with Gasteiger partial charge in [0, 0.05) is 30.4 Å². The summed E-state index contributed by atoms with van der Waals surface area (Å²) in [5.41, 5.74) is 1.70. The molecule has 0 atom stereocenters. The number of aryl methyl sites for hydroxylation is 2. The van der Waals surface area contributed by atoms with Gasteiger partial charge in [0.05, 0.1) is 5.52 Å². The van der Waals surface area contributed by atoms with Gasteiger partial charge in [0.1, 0.15) is 5.56 Å². The molecule has 0 fully saturated rings. The molecule has 0 aliphatic rings. The molecule has 0 saturated heterocycles. The van der Waals surface area contributed by atoms with E-state index in [0.29, 0.717) is 11.2 Å². The van der Waals surface area contributed by atoms with Crippen LogP contribution >= 0.6 is 0 Å². The number of carbonyl (C=O) groups excluding carboxylic acids is 1. The van der Waals surface area contributed by atoms with Crippen LogP contribution in [-0.2, 0) is 13.5 Å². The van der Waals surface area contributed by atoms with E-state index in [0.717, 1.165) is 23.8 Å². The van der Waals surface area contributed by atoms with Crippen LogP contribution in [-0.4, -0.2) is 15.5 Å². The molecule has 2 heterocycles. The Labute approximate surface area is 144 Å². The first-order valence-electron chi connectivity index (χ1n) is 8.12. The highest BCUT2D eigenvalue weighted by Gasteiger charge is 2.12. The standard InChI is InChI=1S/C19H19N3O3/c1-3-5-12-10-17(23)21-16-11-13(7-8-14(12)16)20-18(24)15-6-4-9-22(2)19(15)25/h4,6-11H,3,5H2,1-2H3,(H,20,24)(H,21,23). The number of carbonyl (C=O) groups is 1. The SMILES string of the molecule is CCCc1cc(=O)[nH]c2cc(NC(=O)c3cccn(C)c3=O)ccc12. The Morgan fingerprint density at radius 3 is 2.76 bits per heavy atom. The van der Waals surface area contributed by atoms with Crippen LogP contribution in [0.2, 0.25) is 0 Å². The number of nitrogens with zero attached hydrogens (tertiary/aromatic N) is 1. The first kappa shape index (κ1) is 16.7. The van der Waals surface area contributed by atoms with Crippen molar-refractivity contribution < 1.29 is 4.79 Å². The molecule has 3 rings (SSSR count). The Kier molecular flexibility index (Phi) is 4.52. The Balaban J connectivity index is 1.97. The van der Waals surface area contributed by atoms with E-state index in [-0.39, 0.29) is 16.7 Å². The lowest BCUT2D eigenvalue weighted by atomic mass is 10.0. The topological polar surface area (TPSA) is 84.0 Å². The second kappa shape index (κ2) is 6.76. The van der Waals surface area contributed by atoms with Gasteiger partial charge in [-0.1, -0.05) is 19.4 Å². The second-order valence-electron chi connectivity index (χ2n) is 5.96. The Morgan fingerprint density at radius 2 is 2.00 bits per heavy atom. The van der Waals surface area contributed by atoms with Gasteiger partial charge in [-0.25, -0.2) is 0 Å². The fourth-order valence-electron chi connectivity index (χ4n) is 2.86. The Bertz CT molecular complexity index is 1060. The predicted octanol–water partition coefficient (Wildman–Crippen LogP) is 2.43. The third-order valence-electron chi connectivity index (χ3n) is 4.07. The molecule has 0 aliphatic carbocycles. The van der Waals surface area contributed by atoms with Crippen molar-refractivity contribution in [2.24, 2.45) is 7.05 Å². The number of benzene rings is 1. The van der Waals surface area contributed by atoms with Gasteiger partial charge in [-0.3, -0.25) is 14.4 Å². The average Bonchev–Trinajstić information content (AvgIpc) is 2.57. The molecule has 0 bridgehead atoms. The number of amides is 1. The summed E-state index contributed by atoms with van der Waals surface area (Å²) >= 11 is 0. The first-order valence-corrected chi connectivity index (χ1v) is 8.12. The highest BCUT2D eigenvalue weighted by Crippen LogP contribution is 2.21. The molecule has 0 radical (unpaired) electrons. The number of fused-ring (bicyclic) bond motifs is 1.